The molecule has 3 aromatic carbocycles. The predicted octanol–water partition coefficient (Wildman–Crippen LogP) is 6.45. The molecular weight excluding hydrogens is 468 g/mol. The second kappa shape index (κ2) is 10.8. The van der Waals surface area contributed by atoms with Crippen molar-refractivity contribution in [1.82, 2.24) is 14.8 Å². The third kappa shape index (κ3) is 5.43. The molecule has 4 rings (SSSR count). The maximum absolute atomic E-state index is 12.8. The molecule has 8 heteroatoms. The van der Waals surface area contributed by atoms with Gasteiger partial charge in [-0.2, -0.15) is 0 Å². The van der Waals surface area contributed by atoms with E-state index >= 15 is 0 Å². The second-order valence-corrected chi connectivity index (χ2v) is 9.30. The molecule has 0 saturated carbocycles. The Bertz CT molecular complexity index is 1270. The third-order valence-corrected chi connectivity index (χ3v) is 6.44. The van der Waals surface area contributed by atoms with Crippen LogP contribution in [0, 0.1) is 0 Å². The van der Waals surface area contributed by atoms with Crippen LogP contribution in [-0.4, -0.2) is 33.5 Å². The van der Waals surface area contributed by atoms with Crippen LogP contribution in [-0.2, 0) is 4.79 Å². The van der Waals surface area contributed by atoms with Crippen LogP contribution < -0.4 is 10.1 Å². The third-order valence-electron chi connectivity index (χ3n) is 5.26. The van der Waals surface area contributed by atoms with Gasteiger partial charge in [0.1, 0.15) is 5.75 Å². The molecule has 0 atom stereocenters. The van der Waals surface area contributed by atoms with Crippen molar-refractivity contribution >= 4 is 35.0 Å². The van der Waals surface area contributed by atoms with Crippen molar-refractivity contribution in [1.29, 1.82) is 0 Å². The van der Waals surface area contributed by atoms with Crippen LogP contribution in [0.2, 0.25) is 5.02 Å². The summed E-state index contributed by atoms with van der Waals surface area (Å²) in [4.78, 5) is 12.8. The summed E-state index contributed by atoms with van der Waals surface area (Å²) >= 11 is 7.44. The average molecular weight is 493 g/mol. The van der Waals surface area contributed by atoms with Crippen LogP contribution in [0.4, 0.5) is 5.69 Å². The summed E-state index contributed by atoms with van der Waals surface area (Å²) in [5.74, 6) is 1.83. The number of thioether (sulfide) groups is 1. The number of halogens is 1. The molecule has 1 amide bonds. The zero-order valence-electron chi connectivity index (χ0n) is 19.2. The Morgan fingerprint density at radius 3 is 2.41 bits per heavy atom. The van der Waals surface area contributed by atoms with Crippen molar-refractivity contribution < 1.29 is 9.53 Å². The number of hydrogen-bond donors (Lipinski definition) is 1. The average Bonchev–Trinajstić information content (AvgIpc) is 3.27. The molecule has 1 aromatic heterocycles. The van der Waals surface area contributed by atoms with Gasteiger partial charge >= 0.3 is 0 Å². The maximum Gasteiger partial charge on any atom is 0.234 e. The Morgan fingerprint density at radius 2 is 1.74 bits per heavy atom. The number of nitrogens with zero attached hydrogens (tertiary/aromatic N) is 3. The lowest BCUT2D eigenvalue weighted by Crippen LogP contribution is -2.16. The number of ether oxygens (including phenoxy) is 1. The predicted molar refractivity (Wildman–Crippen MR) is 138 cm³/mol. The van der Waals surface area contributed by atoms with Crippen molar-refractivity contribution in [3.05, 3.63) is 83.4 Å². The number of hydrogen-bond acceptors (Lipinski definition) is 5. The molecule has 0 fully saturated rings. The van der Waals surface area contributed by atoms with E-state index in [9.17, 15) is 4.79 Å². The Morgan fingerprint density at radius 1 is 1.03 bits per heavy atom. The van der Waals surface area contributed by atoms with E-state index in [1.165, 1.54) is 11.8 Å². The first-order valence-electron chi connectivity index (χ1n) is 10.8. The van der Waals surface area contributed by atoms with E-state index in [-0.39, 0.29) is 11.7 Å². The van der Waals surface area contributed by atoms with Gasteiger partial charge < -0.3 is 10.1 Å². The minimum atomic E-state index is -0.102. The number of methoxy groups -OCH3 is 1. The van der Waals surface area contributed by atoms with E-state index in [4.69, 9.17) is 16.3 Å². The Labute approximate surface area is 208 Å². The highest BCUT2D eigenvalue weighted by Gasteiger charge is 2.18. The van der Waals surface area contributed by atoms with Gasteiger partial charge in [-0.05, 0) is 66.1 Å². The quantitative estimate of drug-likeness (QED) is 0.286. The summed E-state index contributed by atoms with van der Waals surface area (Å²) in [7, 11) is 1.63. The molecule has 4 aromatic rings. The van der Waals surface area contributed by atoms with Gasteiger partial charge in [-0.25, -0.2) is 0 Å². The Hall–Kier alpha value is -3.29. The van der Waals surface area contributed by atoms with Crippen LogP contribution in [0.5, 0.6) is 5.75 Å². The zero-order valence-corrected chi connectivity index (χ0v) is 20.7. The summed E-state index contributed by atoms with van der Waals surface area (Å²) in [5.41, 5.74) is 3.67. The lowest BCUT2D eigenvalue weighted by molar-refractivity contribution is -0.113. The summed E-state index contributed by atoms with van der Waals surface area (Å²) in [6.07, 6.45) is 0. The lowest BCUT2D eigenvalue weighted by Gasteiger charge is -2.14. The highest BCUT2D eigenvalue weighted by Crippen LogP contribution is 2.30. The molecule has 0 unspecified atom stereocenters. The molecule has 34 heavy (non-hydrogen) atoms. The van der Waals surface area contributed by atoms with Gasteiger partial charge in [0.2, 0.25) is 5.91 Å². The first-order chi connectivity index (χ1) is 16.5. The van der Waals surface area contributed by atoms with Crippen LogP contribution in [0.3, 0.4) is 0 Å². The largest absolute Gasteiger partial charge is 0.497 e. The molecule has 174 valence electrons. The minimum Gasteiger partial charge on any atom is -0.497 e. The molecule has 0 aliphatic carbocycles. The number of nitrogens with one attached hydrogen (secondary N) is 1. The summed E-state index contributed by atoms with van der Waals surface area (Å²) in [6.45, 7) is 4.21. The number of para-hydroxylation sites is 1. The van der Waals surface area contributed by atoms with Crippen molar-refractivity contribution in [2.45, 2.75) is 24.9 Å². The number of carbonyl (C=O) groups excluding carboxylic acids is 1. The van der Waals surface area contributed by atoms with Crippen molar-refractivity contribution in [2.75, 3.05) is 18.2 Å². The van der Waals surface area contributed by atoms with Crippen LogP contribution in [0.25, 0.3) is 17.1 Å². The fourth-order valence-electron chi connectivity index (χ4n) is 3.54. The monoisotopic (exact) mass is 492 g/mol. The molecule has 1 N–H and O–H groups in total. The van der Waals surface area contributed by atoms with E-state index in [0.29, 0.717) is 21.9 Å². The maximum atomic E-state index is 12.8. The SMILES string of the molecule is COc1ccc(-c2nnc(SCC(=O)Nc3ccccc3C(C)C)n2-c2ccc(Cl)cc2)cc1. The first kappa shape index (κ1) is 23.9. The molecule has 0 bridgehead atoms. The summed E-state index contributed by atoms with van der Waals surface area (Å²) in [5, 5.41) is 13.1. The number of rotatable bonds is 8. The van der Waals surface area contributed by atoms with Gasteiger partial charge in [-0.15, -0.1) is 10.2 Å². The van der Waals surface area contributed by atoms with E-state index < -0.39 is 0 Å². The van der Waals surface area contributed by atoms with Gasteiger partial charge in [-0.1, -0.05) is 55.4 Å². The van der Waals surface area contributed by atoms with Gasteiger partial charge in [-0.3, -0.25) is 9.36 Å². The molecule has 6 nitrogen and oxygen atoms in total. The molecular formula is C26H25ClN4O2S. The smallest absolute Gasteiger partial charge is 0.234 e. The van der Waals surface area contributed by atoms with E-state index in [0.717, 1.165) is 28.3 Å². The number of carbonyl (C=O) groups is 1. The minimum absolute atomic E-state index is 0.102. The van der Waals surface area contributed by atoms with Crippen molar-refractivity contribution in [2.24, 2.45) is 0 Å². The molecule has 0 spiro atoms. The number of amides is 1. The highest BCUT2D eigenvalue weighted by molar-refractivity contribution is 7.99. The van der Waals surface area contributed by atoms with Crippen molar-refractivity contribution in [3.63, 3.8) is 0 Å². The normalized spacial score (nSPS) is 11.0. The molecule has 0 radical (unpaired) electrons. The second-order valence-electron chi connectivity index (χ2n) is 7.93. The van der Waals surface area contributed by atoms with E-state index in [2.05, 4.69) is 29.4 Å². The van der Waals surface area contributed by atoms with Crippen LogP contribution in [0.1, 0.15) is 25.3 Å². The Balaban J connectivity index is 1.60. The van der Waals surface area contributed by atoms with Gasteiger partial charge in [0.05, 0.1) is 12.9 Å². The number of anilines is 1. The van der Waals surface area contributed by atoms with Gasteiger partial charge in [0.15, 0.2) is 11.0 Å². The van der Waals surface area contributed by atoms with Crippen molar-refractivity contribution in [3.8, 4) is 22.8 Å². The summed E-state index contributed by atoms with van der Waals surface area (Å²) < 4.78 is 7.20. The number of aromatic nitrogens is 3. The first-order valence-corrected chi connectivity index (χ1v) is 12.2. The molecule has 0 aliphatic heterocycles. The number of benzene rings is 3. The topological polar surface area (TPSA) is 69.0 Å². The van der Waals surface area contributed by atoms with Crippen LogP contribution >= 0.6 is 23.4 Å². The fraction of sp³-hybridized carbons (Fsp3) is 0.192. The Kier molecular flexibility index (Phi) is 7.55. The van der Waals surface area contributed by atoms with Gasteiger partial charge in [0.25, 0.3) is 0 Å². The fourth-order valence-corrected chi connectivity index (χ4v) is 4.42. The highest BCUT2D eigenvalue weighted by atomic mass is 35.5. The van der Waals surface area contributed by atoms with Crippen LogP contribution in [0.15, 0.2) is 78.0 Å². The molecule has 0 aliphatic rings. The summed E-state index contributed by atoms with van der Waals surface area (Å²) in [6, 6.07) is 22.9. The zero-order chi connectivity index (χ0) is 24.1. The lowest BCUT2D eigenvalue weighted by atomic mass is 10.0. The standard InChI is InChI=1S/C26H25ClN4O2S/c1-17(2)22-6-4-5-7-23(22)28-24(32)16-34-26-30-29-25(18-8-14-21(33-3)15-9-18)31(26)20-12-10-19(27)11-13-20/h4-15,17H,16H2,1-3H3,(H,28,32). The van der Waals surface area contributed by atoms with E-state index in [1.54, 1.807) is 7.11 Å². The van der Waals surface area contributed by atoms with Gasteiger partial charge in [0, 0.05) is 22.0 Å². The molecule has 0 saturated heterocycles. The molecule has 1 heterocycles. The van der Waals surface area contributed by atoms with E-state index in [1.807, 2.05) is 77.4 Å².